The summed E-state index contributed by atoms with van der Waals surface area (Å²) in [6.45, 7) is 12.1. The van der Waals surface area contributed by atoms with Crippen LogP contribution in [0.2, 0.25) is 0 Å². The van der Waals surface area contributed by atoms with E-state index in [9.17, 15) is 9.59 Å². The standard InChI is InChI=1S/C18H36N4O4/c1-18(2,3)26-17(24)15(5-6-16(23)25-4)22-13-11-20-9-7-19-8-10-21-12-14-22/h15,19-21H,5-14H2,1-4H3. The quantitative estimate of drug-likeness (QED) is 0.569. The van der Waals surface area contributed by atoms with Gasteiger partial charge in [-0.25, -0.2) is 0 Å². The SMILES string of the molecule is COC(=O)CCC(C(=O)OC(C)(C)C)N1CCNCCNCCNCC1. The van der Waals surface area contributed by atoms with Crippen LogP contribution in [-0.4, -0.2) is 87.9 Å². The molecular weight excluding hydrogens is 336 g/mol. The summed E-state index contributed by atoms with van der Waals surface area (Å²) in [5.74, 6) is -0.592. The van der Waals surface area contributed by atoms with Crippen molar-refractivity contribution in [2.45, 2.75) is 45.3 Å². The molecule has 0 spiro atoms. The van der Waals surface area contributed by atoms with E-state index in [0.29, 0.717) is 19.5 Å². The van der Waals surface area contributed by atoms with E-state index < -0.39 is 11.6 Å². The van der Waals surface area contributed by atoms with Crippen LogP contribution in [0.25, 0.3) is 0 Å². The van der Waals surface area contributed by atoms with Crippen molar-refractivity contribution >= 4 is 11.9 Å². The highest BCUT2D eigenvalue weighted by Crippen LogP contribution is 2.15. The number of esters is 2. The molecule has 0 aromatic heterocycles. The molecule has 1 rings (SSSR count). The van der Waals surface area contributed by atoms with Gasteiger partial charge in [0.2, 0.25) is 0 Å². The average Bonchev–Trinajstić information content (AvgIpc) is 2.54. The van der Waals surface area contributed by atoms with Gasteiger partial charge in [-0.05, 0) is 27.2 Å². The van der Waals surface area contributed by atoms with Crippen molar-refractivity contribution in [2.24, 2.45) is 0 Å². The molecule has 1 aliphatic rings. The molecule has 152 valence electrons. The lowest BCUT2D eigenvalue weighted by Gasteiger charge is -2.33. The van der Waals surface area contributed by atoms with E-state index in [1.807, 2.05) is 20.8 Å². The summed E-state index contributed by atoms with van der Waals surface area (Å²) in [6, 6.07) is -0.460. The molecule has 0 radical (unpaired) electrons. The number of hydrogen-bond donors (Lipinski definition) is 3. The minimum absolute atomic E-state index is 0.196. The molecule has 1 heterocycles. The topological polar surface area (TPSA) is 91.9 Å². The number of nitrogens with one attached hydrogen (secondary N) is 3. The Hall–Kier alpha value is -1.22. The van der Waals surface area contributed by atoms with Gasteiger partial charge in [0.05, 0.1) is 7.11 Å². The highest BCUT2D eigenvalue weighted by Gasteiger charge is 2.30. The fourth-order valence-corrected chi connectivity index (χ4v) is 2.77. The van der Waals surface area contributed by atoms with Gasteiger partial charge in [-0.1, -0.05) is 0 Å². The van der Waals surface area contributed by atoms with Crippen molar-refractivity contribution in [1.29, 1.82) is 0 Å². The molecule has 0 aliphatic carbocycles. The zero-order valence-electron chi connectivity index (χ0n) is 16.7. The van der Waals surface area contributed by atoms with Crippen LogP contribution in [0.4, 0.5) is 0 Å². The van der Waals surface area contributed by atoms with E-state index in [2.05, 4.69) is 20.9 Å². The number of carbonyl (C=O) groups excluding carboxylic acids is 2. The average molecular weight is 373 g/mol. The number of ether oxygens (including phenoxy) is 2. The van der Waals surface area contributed by atoms with Gasteiger partial charge in [0.25, 0.3) is 0 Å². The largest absolute Gasteiger partial charge is 0.469 e. The molecule has 0 bridgehead atoms. The smallest absolute Gasteiger partial charge is 0.323 e. The molecule has 8 heteroatoms. The van der Waals surface area contributed by atoms with Gasteiger partial charge in [-0.15, -0.1) is 0 Å². The van der Waals surface area contributed by atoms with Crippen molar-refractivity contribution in [3.63, 3.8) is 0 Å². The normalized spacial score (nSPS) is 19.7. The Morgan fingerprint density at radius 1 is 0.962 bits per heavy atom. The third-order valence-corrected chi connectivity index (χ3v) is 4.08. The van der Waals surface area contributed by atoms with Gasteiger partial charge in [0.1, 0.15) is 11.6 Å². The maximum Gasteiger partial charge on any atom is 0.323 e. The van der Waals surface area contributed by atoms with Gasteiger partial charge >= 0.3 is 11.9 Å². The zero-order chi connectivity index (χ0) is 19.4. The Balaban J connectivity index is 2.79. The number of nitrogens with zero attached hydrogens (tertiary/aromatic N) is 1. The minimum Gasteiger partial charge on any atom is -0.469 e. The van der Waals surface area contributed by atoms with Gasteiger partial charge in [-0.3, -0.25) is 14.5 Å². The third kappa shape index (κ3) is 10.1. The fraction of sp³-hybridized carbons (Fsp3) is 0.889. The van der Waals surface area contributed by atoms with Gasteiger partial charge < -0.3 is 25.4 Å². The van der Waals surface area contributed by atoms with E-state index in [1.54, 1.807) is 0 Å². The monoisotopic (exact) mass is 372 g/mol. The van der Waals surface area contributed by atoms with Crippen molar-refractivity contribution in [3.05, 3.63) is 0 Å². The van der Waals surface area contributed by atoms with Crippen molar-refractivity contribution < 1.29 is 19.1 Å². The molecule has 1 saturated heterocycles. The van der Waals surface area contributed by atoms with Crippen molar-refractivity contribution in [1.82, 2.24) is 20.9 Å². The van der Waals surface area contributed by atoms with Gasteiger partial charge in [0.15, 0.2) is 0 Å². The Morgan fingerprint density at radius 3 is 1.92 bits per heavy atom. The highest BCUT2D eigenvalue weighted by atomic mass is 16.6. The van der Waals surface area contributed by atoms with Crippen LogP contribution in [0.15, 0.2) is 0 Å². The Kier molecular flexibility index (Phi) is 10.7. The predicted molar refractivity (Wildman–Crippen MR) is 101 cm³/mol. The molecule has 0 aromatic carbocycles. The summed E-state index contributed by atoms with van der Waals surface area (Å²) in [4.78, 5) is 26.5. The van der Waals surface area contributed by atoms with E-state index in [-0.39, 0.29) is 18.4 Å². The Bertz CT molecular complexity index is 414. The van der Waals surface area contributed by atoms with E-state index in [0.717, 1.165) is 39.3 Å². The van der Waals surface area contributed by atoms with Crippen LogP contribution in [0, 0.1) is 0 Å². The first-order chi connectivity index (χ1) is 12.3. The number of carbonyl (C=O) groups is 2. The lowest BCUT2D eigenvalue weighted by molar-refractivity contribution is -0.162. The van der Waals surface area contributed by atoms with Crippen molar-refractivity contribution in [2.75, 3.05) is 59.5 Å². The van der Waals surface area contributed by atoms with Crippen LogP contribution < -0.4 is 16.0 Å². The highest BCUT2D eigenvalue weighted by molar-refractivity contribution is 5.77. The summed E-state index contributed by atoms with van der Waals surface area (Å²) >= 11 is 0. The van der Waals surface area contributed by atoms with Gasteiger partial charge in [0, 0.05) is 58.8 Å². The first-order valence-electron chi connectivity index (χ1n) is 9.49. The molecule has 1 aliphatic heterocycles. The predicted octanol–water partition coefficient (Wildman–Crippen LogP) is -0.266. The van der Waals surface area contributed by atoms with E-state index in [4.69, 9.17) is 9.47 Å². The molecule has 0 saturated carbocycles. The minimum atomic E-state index is -0.560. The van der Waals surface area contributed by atoms with Crippen LogP contribution in [0.1, 0.15) is 33.6 Å². The molecule has 1 unspecified atom stereocenters. The van der Waals surface area contributed by atoms with Gasteiger partial charge in [-0.2, -0.15) is 0 Å². The first kappa shape index (κ1) is 22.8. The molecule has 1 fully saturated rings. The molecule has 0 amide bonds. The lowest BCUT2D eigenvalue weighted by Crippen LogP contribution is -2.50. The first-order valence-corrected chi connectivity index (χ1v) is 9.49. The summed E-state index contributed by atoms with van der Waals surface area (Å²) < 4.78 is 10.3. The molecule has 1 atom stereocenters. The maximum absolute atomic E-state index is 12.8. The van der Waals surface area contributed by atoms with Crippen molar-refractivity contribution in [3.8, 4) is 0 Å². The number of methoxy groups -OCH3 is 1. The summed E-state index contributed by atoms with van der Waals surface area (Å²) in [7, 11) is 1.36. The van der Waals surface area contributed by atoms with Crippen LogP contribution in [0.3, 0.4) is 0 Å². The second-order valence-electron chi connectivity index (χ2n) is 7.45. The Labute approximate surface area is 157 Å². The second kappa shape index (κ2) is 12.2. The van der Waals surface area contributed by atoms with Crippen LogP contribution in [0.5, 0.6) is 0 Å². The summed E-state index contributed by atoms with van der Waals surface area (Å²) in [5.41, 5.74) is -0.560. The molecule has 3 N–H and O–H groups in total. The fourth-order valence-electron chi connectivity index (χ4n) is 2.77. The summed E-state index contributed by atoms with van der Waals surface area (Å²) in [5, 5.41) is 10.1. The zero-order valence-corrected chi connectivity index (χ0v) is 16.7. The van der Waals surface area contributed by atoms with Crippen LogP contribution >= 0.6 is 0 Å². The lowest BCUT2D eigenvalue weighted by atomic mass is 10.1. The third-order valence-electron chi connectivity index (χ3n) is 4.08. The molecule has 8 nitrogen and oxygen atoms in total. The Morgan fingerprint density at radius 2 is 1.46 bits per heavy atom. The van der Waals surface area contributed by atoms with E-state index in [1.165, 1.54) is 7.11 Å². The number of hydrogen-bond acceptors (Lipinski definition) is 8. The van der Waals surface area contributed by atoms with E-state index >= 15 is 0 Å². The molecule has 0 aromatic rings. The molecule has 26 heavy (non-hydrogen) atoms. The maximum atomic E-state index is 12.8. The summed E-state index contributed by atoms with van der Waals surface area (Å²) in [6.07, 6.45) is 0.588. The second-order valence-corrected chi connectivity index (χ2v) is 7.45. The molecular formula is C18H36N4O4. The number of rotatable bonds is 5. The van der Waals surface area contributed by atoms with Crippen LogP contribution in [-0.2, 0) is 19.1 Å².